The number of benzene rings is 1. The molecule has 2 heteroatoms. The summed E-state index contributed by atoms with van der Waals surface area (Å²) in [5.41, 5.74) is 1.19. The van der Waals surface area contributed by atoms with Crippen LogP contribution < -0.4 is 0 Å². The van der Waals surface area contributed by atoms with Gasteiger partial charge in [-0.05, 0) is 23.8 Å². The number of hydrogen-bond donors (Lipinski definition) is 1. The van der Waals surface area contributed by atoms with Crippen LogP contribution in [0.4, 0.5) is 0 Å². The fraction of sp³-hybridized carbons (Fsp3) is 0.533. The lowest BCUT2D eigenvalue weighted by molar-refractivity contribution is -0.139. The highest BCUT2D eigenvalue weighted by Crippen LogP contribution is 2.27. The molecule has 0 fully saturated rings. The largest absolute Gasteiger partial charge is 0.481 e. The van der Waals surface area contributed by atoms with Gasteiger partial charge in [0.1, 0.15) is 0 Å². The maximum Gasteiger partial charge on any atom is 0.310 e. The van der Waals surface area contributed by atoms with Crippen molar-refractivity contribution in [1.29, 1.82) is 0 Å². The van der Waals surface area contributed by atoms with E-state index in [0.29, 0.717) is 0 Å². The molecule has 0 spiro atoms. The van der Waals surface area contributed by atoms with Crippen molar-refractivity contribution in [1.82, 2.24) is 0 Å². The molecule has 0 aromatic heterocycles. The van der Waals surface area contributed by atoms with Gasteiger partial charge in [0, 0.05) is 0 Å². The second kappa shape index (κ2) is 5.85. The molecule has 1 rings (SSSR count). The number of rotatable bonds is 5. The van der Waals surface area contributed by atoms with Crippen molar-refractivity contribution in [3.8, 4) is 0 Å². The van der Waals surface area contributed by atoms with Crippen molar-refractivity contribution in [2.75, 3.05) is 0 Å². The summed E-state index contributed by atoms with van der Waals surface area (Å²) < 4.78 is 0. The topological polar surface area (TPSA) is 37.3 Å². The molecule has 0 amide bonds. The Kier molecular flexibility index (Phi) is 4.73. The minimum atomic E-state index is -0.717. The first-order chi connectivity index (χ1) is 7.90. The number of aliphatic carboxylic acids is 1. The van der Waals surface area contributed by atoms with Gasteiger partial charge >= 0.3 is 5.97 Å². The van der Waals surface area contributed by atoms with Crippen LogP contribution in [0.1, 0.15) is 51.5 Å². The summed E-state index contributed by atoms with van der Waals surface area (Å²) in [4.78, 5) is 11.3. The minimum Gasteiger partial charge on any atom is -0.481 e. The van der Waals surface area contributed by atoms with Crippen LogP contribution in [0.3, 0.4) is 0 Å². The third-order valence-electron chi connectivity index (χ3n) is 2.92. The van der Waals surface area contributed by atoms with Gasteiger partial charge in [-0.3, -0.25) is 4.79 Å². The monoisotopic (exact) mass is 234 g/mol. The van der Waals surface area contributed by atoms with Crippen LogP contribution >= 0.6 is 0 Å². The Morgan fingerprint density at radius 1 is 1.24 bits per heavy atom. The molecule has 0 aliphatic carbocycles. The second-order valence-corrected chi connectivity index (χ2v) is 5.75. The molecule has 0 aliphatic rings. The summed E-state index contributed by atoms with van der Waals surface area (Å²) in [6, 6.07) is 9.51. The van der Waals surface area contributed by atoms with Gasteiger partial charge in [0.25, 0.3) is 0 Å². The van der Waals surface area contributed by atoms with Crippen molar-refractivity contribution in [3.05, 3.63) is 35.9 Å². The van der Waals surface area contributed by atoms with E-state index in [4.69, 9.17) is 0 Å². The molecule has 0 bridgehead atoms. The molecule has 1 unspecified atom stereocenters. The van der Waals surface area contributed by atoms with Gasteiger partial charge in [0.15, 0.2) is 0 Å². The van der Waals surface area contributed by atoms with E-state index < -0.39 is 5.97 Å². The first-order valence-corrected chi connectivity index (χ1v) is 6.18. The molecule has 1 atom stereocenters. The molecule has 0 saturated heterocycles. The Morgan fingerprint density at radius 3 is 2.29 bits per heavy atom. The molecular formula is C15H22O2. The lowest BCUT2D eigenvalue weighted by Gasteiger charge is -2.19. The number of hydrogen-bond acceptors (Lipinski definition) is 1. The van der Waals surface area contributed by atoms with Crippen molar-refractivity contribution >= 4 is 5.97 Å². The van der Waals surface area contributed by atoms with Crippen LogP contribution in [0.5, 0.6) is 0 Å². The SMILES string of the molecule is CC(C)(C)CCCC(C(=O)O)c1ccccc1. The normalized spacial score (nSPS) is 13.4. The highest BCUT2D eigenvalue weighted by atomic mass is 16.4. The van der Waals surface area contributed by atoms with Crippen LogP contribution in [-0.4, -0.2) is 11.1 Å². The van der Waals surface area contributed by atoms with Crippen molar-refractivity contribution in [2.24, 2.45) is 5.41 Å². The fourth-order valence-electron chi connectivity index (χ4n) is 1.95. The van der Waals surface area contributed by atoms with Gasteiger partial charge in [0.05, 0.1) is 5.92 Å². The summed E-state index contributed by atoms with van der Waals surface area (Å²) in [6.45, 7) is 6.56. The van der Waals surface area contributed by atoms with Crippen LogP contribution in [-0.2, 0) is 4.79 Å². The van der Waals surface area contributed by atoms with E-state index >= 15 is 0 Å². The molecule has 1 aromatic rings. The smallest absolute Gasteiger partial charge is 0.310 e. The number of carboxylic acids is 1. The van der Waals surface area contributed by atoms with E-state index in [1.807, 2.05) is 30.3 Å². The molecule has 2 nitrogen and oxygen atoms in total. The van der Waals surface area contributed by atoms with Crippen molar-refractivity contribution < 1.29 is 9.90 Å². The molecule has 0 heterocycles. The van der Waals surface area contributed by atoms with Gasteiger partial charge < -0.3 is 5.11 Å². The first-order valence-electron chi connectivity index (χ1n) is 6.18. The molecule has 1 N–H and O–H groups in total. The molecule has 17 heavy (non-hydrogen) atoms. The molecule has 0 radical (unpaired) electrons. The summed E-state index contributed by atoms with van der Waals surface area (Å²) in [7, 11) is 0. The Balaban J connectivity index is 2.60. The van der Waals surface area contributed by atoms with E-state index in [-0.39, 0.29) is 11.3 Å². The van der Waals surface area contributed by atoms with Gasteiger partial charge in [-0.25, -0.2) is 0 Å². The lowest BCUT2D eigenvalue weighted by atomic mass is 9.86. The first kappa shape index (κ1) is 13.8. The lowest BCUT2D eigenvalue weighted by Crippen LogP contribution is -2.13. The fourth-order valence-corrected chi connectivity index (χ4v) is 1.95. The summed E-state index contributed by atoms with van der Waals surface area (Å²) in [5.74, 6) is -1.08. The molecule has 0 aliphatic heterocycles. The summed E-state index contributed by atoms with van der Waals surface area (Å²) >= 11 is 0. The average Bonchev–Trinajstić information content (AvgIpc) is 2.23. The maximum atomic E-state index is 11.3. The van der Waals surface area contributed by atoms with Crippen LogP contribution in [0.2, 0.25) is 0 Å². The minimum absolute atomic E-state index is 0.278. The van der Waals surface area contributed by atoms with E-state index in [1.165, 1.54) is 0 Å². The highest BCUT2D eigenvalue weighted by molar-refractivity contribution is 5.75. The average molecular weight is 234 g/mol. The Labute approximate surface area is 104 Å². The highest BCUT2D eigenvalue weighted by Gasteiger charge is 2.20. The second-order valence-electron chi connectivity index (χ2n) is 5.75. The van der Waals surface area contributed by atoms with Gasteiger partial charge in [-0.2, -0.15) is 0 Å². The number of carbonyl (C=O) groups is 1. The zero-order valence-electron chi connectivity index (χ0n) is 10.9. The Bertz CT molecular complexity index is 349. The molecule has 0 saturated carbocycles. The molecule has 94 valence electrons. The van der Waals surface area contributed by atoms with Crippen LogP contribution in [0.15, 0.2) is 30.3 Å². The quantitative estimate of drug-likeness (QED) is 0.833. The Morgan fingerprint density at radius 2 is 1.82 bits per heavy atom. The molecule has 1 aromatic carbocycles. The van der Waals surface area contributed by atoms with E-state index in [0.717, 1.165) is 24.8 Å². The number of carboxylic acid groups (broad SMARTS) is 1. The zero-order chi connectivity index (χ0) is 12.9. The van der Waals surface area contributed by atoms with Crippen LogP contribution in [0, 0.1) is 5.41 Å². The van der Waals surface area contributed by atoms with Gasteiger partial charge in [-0.15, -0.1) is 0 Å². The van der Waals surface area contributed by atoms with Crippen LogP contribution in [0.25, 0.3) is 0 Å². The Hall–Kier alpha value is -1.31. The van der Waals surface area contributed by atoms with Crippen molar-refractivity contribution in [3.63, 3.8) is 0 Å². The van der Waals surface area contributed by atoms with Gasteiger partial charge in [0.2, 0.25) is 0 Å². The third kappa shape index (κ3) is 5.03. The predicted octanol–water partition coefficient (Wildman–Crippen LogP) is 4.07. The summed E-state index contributed by atoms with van der Waals surface area (Å²) in [5, 5.41) is 9.26. The van der Waals surface area contributed by atoms with Crippen molar-refractivity contribution in [2.45, 2.75) is 46.0 Å². The molecular weight excluding hydrogens is 212 g/mol. The third-order valence-corrected chi connectivity index (χ3v) is 2.92. The standard InChI is InChI=1S/C15H22O2/c1-15(2,3)11-7-10-13(14(16)17)12-8-5-4-6-9-12/h4-6,8-9,13H,7,10-11H2,1-3H3,(H,16,17). The van der Waals surface area contributed by atoms with E-state index in [2.05, 4.69) is 20.8 Å². The van der Waals surface area contributed by atoms with Gasteiger partial charge in [-0.1, -0.05) is 57.5 Å². The van der Waals surface area contributed by atoms with E-state index in [1.54, 1.807) is 0 Å². The zero-order valence-corrected chi connectivity index (χ0v) is 10.9. The summed E-state index contributed by atoms with van der Waals surface area (Å²) in [6.07, 6.45) is 2.73. The predicted molar refractivity (Wildman–Crippen MR) is 70.1 cm³/mol. The van der Waals surface area contributed by atoms with E-state index in [9.17, 15) is 9.90 Å². The maximum absolute atomic E-state index is 11.3.